The summed E-state index contributed by atoms with van der Waals surface area (Å²) >= 11 is 0. The maximum Gasteiger partial charge on any atom is 0.311 e. The molecular formula is C21H24N2O2. The number of carboxylic acid groups (broad SMARTS) is 1. The average molecular weight is 336 g/mol. The molecule has 2 N–H and O–H groups in total. The summed E-state index contributed by atoms with van der Waals surface area (Å²) in [5.41, 5.74) is 4.82. The first-order valence-corrected chi connectivity index (χ1v) is 9.12. The summed E-state index contributed by atoms with van der Waals surface area (Å²) in [6.45, 7) is 2.81. The minimum Gasteiger partial charge on any atom is -0.481 e. The zero-order chi connectivity index (χ0) is 17.2. The van der Waals surface area contributed by atoms with E-state index in [1.807, 2.05) is 30.3 Å². The highest BCUT2D eigenvalue weighted by Gasteiger charge is 2.34. The highest BCUT2D eigenvalue weighted by atomic mass is 16.4. The van der Waals surface area contributed by atoms with Crippen molar-refractivity contribution in [3.8, 4) is 0 Å². The highest BCUT2D eigenvalue weighted by molar-refractivity contribution is 5.77. The Bertz CT molecular complexity index is 760. The van der Waals surface area contributed by atoms with Crippen molar-refractivity contribution in [2.24, 2.45) is 5.92 Å². The molecule has 4 rings (SSSR count). The number of aliphatic carboxylic acids is 1. The second-order valence-electron chi connectivity index (χ2n) is 7.05. The summed E-state index contributed by atoms with van der Waals surface area (Å²) in [6, 6.07) is 16.1. The molecule has 2 aliphatic rings. The van der Waals surface area contributed by atoms with Crippen LogP contribution in [0.2, 0.25) is 0 Å². The fourth-order valence-corrected chi connectivity index (χ4v) is 4.40. The van der Waals surface area contributed by atoms with Gasteiger partial charge in [0.2, 0.25) is 0 Å². The largest absolute Gasteiger partial charge is 0.481 e. The molecule has 2 heterocycles. The maximum absolute atomic E-state index is 12.0. The van der Waals surface area contributed by atoms with Crippen molar-refractivity contribution >= 4 is 17.3 Å². The van der Waals surface area contributed by atoms with E-state index >= 15 is 0 Å². The first kappa shape index (κ1) is 16.0. The van der Waals surface area contributed by atoms with Gasteiger partial charge in [0.05, 0.1) is 5.92 Å². The Morgan fingerprint density at radius 3 is 2.80 bits per heavy atom. The molecule has 0 aliphatic carbocycles. The van der Waals surface area contributed by atoms with Gasteiger partial charge in [-0.15, -0.1) is 0 Å². The summed E-state index contributed by atoms with van der Waals surface area (Å²) in [6.07, 6.45) is 3.06. The Labute approximate surface area is 148 Å². The van der Waals surface area contributed by atoms with Gasteiger partial charge in [0.15, 0.2) is 0 Å². The van der Waals surface area contributed by atoms with Crippen LogP contribution in [0.3, 0.4) is 0 Å². The molecule has 0 radical (unpaired) electrons. The van der Waals surface area contributed by atoms with Gasteiger partial charge in [-0.05, 0) is 42.9 Å². The minimum absolute atomic E-state index is 0.138. The van der Waals surface area contributed by atoms with Gasteiger partial charge < -0.3 is 15.3 Å². The molecular weight excluding hydrogens is 312 g/mol. The minimum atomic E-state index is -0.710. The molecule has 2 aliphatic heterocycles. The lowest BCUT2D eigenvalue weighted by atomic mass is 9.81. The Kier molecular flexibility index (Phi) is 4.35. The lowest BCUT2D eigenvalue weighted by molar-refractivity contribution is -0.140. The summed E-state index contributed by atoms with van der Waals surface area (Å²) in [7, 11) is 0. The Balaban J connectivity index is 1.60. The predicted molar refractivity (Wildman–Crippen MR) is 100 cm³/mol. The van der Waals surface area contributed by atoms with Crippen LogP contribution in [0.5, 0.6) is 0 Å². The van der Waals surface area contributed by atoms with Crippen LogP contribution in [0.25, 0.3) is 0 Å². The summed E-state index contributed by atoms with van der Waals surface area (Å²) in [4.78, 5) is 14.4. The van der Waals surface area contributed by atoms with Gasteiger partial charge in [-0.1, -0.05) is 36.4 Å². The number of anilines is 2. The second kappa shape index (κ2) is 6.79. The van der Waals surface area contributed by atoms with Crippen molar-refractivity contribution in [3.63, 3.8) is 0 Å². The lowest BCUT2D eigenvalue weighted by Gasteiger charge is -2.38. The van der Waals surface area contributed by atoms with Crippen LogP contribution in [0.1, 0.15) is 29.9 Å². The van der Waals surface area contributed by atoms with E-state index in [0.717, 1.165) is 44.5 Å². The van der Waals surface area contributed by atoms with Gasteiger partial charge in [0.25, 0.3) is 0 Å². The van der Waals surface area contributed by atoms with E-state index in [1.165, 1.54) is 16.9 Å². The standard InChI is InChI=1S/C21H24N2O2/c24-21(25)20(15-6-2-1-3-7-15)16-8-5-13-23(14-16)19-10-4-9-18-17(19)11-12-22-18/h1-4,6-7,9-10,16,20,22H,5,8,11-14H2,(H,24,25). The van der Waals surface area contributed by atoms with E-state index in [4.69, 9.17) is 0 Å². The van der Waals surface area contributed by atoms with Gasteiger partial charge in [-0.2, -0.15) is 0 Å². The number of nitrogens with zero attached hydrogens (tertiary/aromatic N) is 1. The molecule has 2 aromatic carbocycles. The zero-order valence-corrected chi connectivity index (χ0v) is 14.3. The monoisotopic (exact) mass is 336 g/mol. The molecule has 25 heavy (non-hydrogen) atoms. The van der Waals surface area contributed by atoms with Gasteiger partial charge in [0, 0.05) is 36.6 Å². The third-order valence-electron chi connectivity index (χ3n) is 5.54. The quantitative estimate of drug-likeness (QED) is 0.893. The fraction of sp³-hybridized carbons (Fsp3) is 0.381. The number of carboxylic acids is 1. The normalized spacial score (nSPS) is 20.6. The molecule has 130 valence electrons. The molecule has 2 aromatic rings. The van der Waals surface area contributed by atoms with Crippen LogP contribution < -0.4 is 10.2 Å². The zero-order valence-electron chi connectivity index (χ0n) is 14.3. The molecule has 1 fully saturated rings. The number of fused-ring (bicyclic) bond motifs is 1. The first-order chi connectivity index (χ1) is 12.2. The molecule has 0 bridgehead atoms. The van der Waals surface area contributed by atoms with Gasteiger partial charge in [-0.3, -0.25) is 4.79 Å². The van der Waals surface area contributed by atoms with E-state index in [2.05, 4.69) is 28.4 Å². The van der Waals surface area contributed by atoms with Crippen molar-refractivity contribution in [1.29, 1.82) is 0 Å². The summed E-state index contributed by atoms with van der Waals surface area (Å²) < 4.78 is 0. The SMILES string of the molecule is O=C(O)C(c1ccccc1)C1CCCN(c2cccc3c2CCN3)C1. The smallest absolute Gasteiger partial charge is 0.311 e. The van der Waals surface area contributed by atoms with Crippen molar-refractivity contribution in [3.05, 3.63) is 59.7 Å². The van der Waals surface area contributed by atoms with Crippen molar-refractivity contribution in [2.75, 3.05) is 29.9 Å². The van der Waals surface area contributed by atoms with Crippen molar-refractivity contribution in [2.45, 2.75) is 25.2 Å². The van der Waals surface area contributed by atoms with Crippen LogP contribution in [0, 0.1) is 5.92 Å². The first-order valence-electron chi connectivity index (χ1n) is 9.12. The third-order valence-corrected chi connectivity index (χ3v) is 5.54. The Morgan fingerprint density at radius 1 is 1.16 bits per heavy atom. The number of piperidine rings is 1. The third kappa shape index (κ3) is 3.09. The number of carbonyl (C=O) groups is 1. The van der Waals surface area contributed by atoms with Crippen molar-refractivity contribution < 1.29 is 9.90 Å². The predicted octanol–water partition coefficient (Wildman–Crippen LogP) is 3.74. The Morgan fingerprint density at radius 2 is 2.00 bits per heavy atom. The van der Waals surface area contributed by atoms with Crippen LogP contribution in [0.4, 0.5) is 11.4 Å². The van der Waals surface area contributed by atoms with E-state index in [-0.39, 0.29) is 5.92 Å². The molecule has 1 saturated heterocycles. The van der Waals surface area contributed by atoms with E-state index in [9.17, 15) is 9.90 Å². The fourth-order valence-electron chi connectivity index (χ4n) is 4.40. The van der Waals surface area contributed by atoms with Gasteiger partial charge in [0.1, 0.15) is 0 Å². The molecule has 0 amide bonds. The molecule has 4 heteroatoms. The van der Waals surface area contributed by atoms with E-state index in [1.54, 1.807) is 0 Å². The molecule has 0 spiro atoms. The van der Waals surface area contributed by atoms with Gasteiger partial charge >= 0.3 is 5.97 Å². The van der Waals surface area contributed by atoms with Crippen LogP contribution in [-0.4, -0.2) is 30.7 Å². The van der Waals surface area contributed by atoms with E-state index in [0.29, 0.717) is 0 Å². The highest BCUT2D eigenvalue weighted by Crippen LogP contribution is 2.37. The number of benzene rings is 2. The van der Waals surface area contributed by atoms with Crippen molar-refractivity contribution in [1.82, 2.24) is 0 Å². The number of hydrogen-bond donors (Lipinski definition) is 2. The number of hydrogen-bond acceptors (Lipinski definition) is 3. The Hall–Kier alpha value is -2.49. The molecule has 2 atom stereocenters. The van der Waals surface area contributed by atoms with Gasteiger partial charge in [-0.25, -0.2) is 0 Å². The average Bonchev–Trinajstić information content (AvgIpc) is 3.11. The number of rotatable bonds is 4. The maximum atomic E-state index is 12.0. The molecule has 0 aromatic heterocycles. The summed E-state index contributed by atoms with van der Waals surface area (Å²) in [5, 5.41) is 13.3. The second-order valence-corrected chi connectivity index (χ2v) is 7.05. The lowest BCUT2D eigenvalue weighted by Crippen LogP contribution is -2.40. The van der Waals surface area contributed by atoms with E-state index < -0.39 is 11.9 Å². The molecule has 4 nitrogen and oxygen atoms in total. The van der Waals surface area contributed by atoms with Crippen LogP contribution in [-0.2, 0) is 11.2 Å². The molecule has 0 saturated carbocycles. The van der Waals surface area contributed by atoms with Crippen LogP contribution >= 0.6 is 0 Å². The topological polar surface area (TPSA) is 52.6 Å². The molecule has 2 unspecified atom stereocenters. The number of nitrogens with one attached hydrogen (secondary N) is 1. The van der Waals surface area contributed by atoms with Crippen LogP contribution in [0.15, 0.2) is 48.5 Å². The summed E-state index contributed by atoms with van der Waals surface area (Å²) in [5.74, 6) is -1.00.